The molecule has 0 rings (SSSR count). The van der Waals surface area contributed by atoms with Gasteiger partial charge in [-0.15, -0.1) is 0 Å². The van der Waals surface area contributed by atoms with Gasteiger partial charge in [0.2, 0.25) is 0 Å². The number of nitrogens with one attached hydrogen (secondary N) is 1. The number of rotatable bonds is 3. The highest BCUT2D eigenvalue weighted by Gasteiger charge is 1.86. The van der Waals surface area contributed by atoms with E-state index in [9.17, 15) is 0 Å². The summed E-state index contributed by atoms with van der Waals surface area (Å²) in [7, 11) is 0. The topological polar surface area (TPSA) is 24.4 Å². The van der Waals surface area contributed by atoms with Gasteiger partial charge in [-0.2, -0.15) is 5.10 Å². The highest BCUT2D eigenvalue weighted by Crippen LogP contribution is 1.82. The Hall–Kier alpha value is -0.790. The molecule has 0 aliphatic rings. The third-order valence-corrected chi connectivity index (χ3v) is 0.888. The van der Waals surface area contributed by atoms with E-state index in [4.69, 9.17) is 0 Å². The zero-order valence-corrected chi connectivity index (χ0v) is 6.26. The number of allylic oxidation sites excluding steroid dienone is 1. The molecule has 1 unspecified atom stereocenters. The third-order valence-electron chi connectivity index (χ3n) is 0.888. The average Bonchev–Trinajstić information content (AvgIpc) is 1.85. The maximum Gasteiger partial charge on any atom is 0.0591 e. The second-order valence-electron chi connectivity index (χ2n) is 1.83. The molecule has 0 saturated heterocycles. The quantitative estimate of drug-likeness (QED) is 0.346. The summed E-state index contributed by atoms with van der Waals surface area (Å²) >= 11 is 0. The molecule has 9 heavy (non-hydrogen) atoms. The molecule has 0 aromatic carbocycles. The van der Waals surface area contributed by atoms with E-state index in [1.807, 2.05) is 32.9 Å². The molecule has 2 nitrogen and oxygen atoms in total. The van der Waals surface area contributed by atoms with Crippen LogP contribution in [0, 0.1) is 0 Å². The minimum absolute atomic E-state index is 0.339. The van der Waals surface area contributed by atoms with Crippen molar-refractivity contribution in [3.8, 4) is 0 Å². The SMILES string of the molecule is C/C=C\C(C)N/N=C\C. The molecule has 0 radical (unpaired) electrons. The fourth-order valence-corrected chi connectivity index (χ4v) is 0.524. The van der Waals surface area contributed by atoms with E-state index in [1.165, 1.54) is 0 Å². The van der Waals surface area contributed by atoms with Gasteiger partial charge in [0.05, 0.1) is 6.04 Å². The maximum absolute atomic E-state index is 3.86. The van der Waals surface area contributed by atoms with Crippen molar-refractivity contribution < 1.29 is 0 Å². The van der Waals surface area contributed by atoms with Gasteiger partial charge in [-0.1, -0.05) is 12.2 Å². The predicted molar refractivity (Wildman–Crippen MR) is 41.6 cm³/mol. The first-order valence-corrected chi connectivity index (χ1v) is 3.17. The van der Waals surface area contributed by atoms with Crippen LogP contribution in [0.25, 0.3) is 0 Å². The van der Waals surface area contributed by atoms with Gasteiger partial charge in [-0.05, 0) is 20.8 Å². The Labute approximate surface area is 56.7 Å². The fourth-order valence-electron chi connectivity index (χ4n) is 0.524. The summed E-state index contributed by atoms with van der Waals surface area (Å²) in [6.07, 6.45) is 5.79. The van der Waals surface area contributed by atoms with E-state index in [0.717, 1.165) is 0 Å². The molecule has 0 fully saturated rings. The summed E-state index contributed by atoms with van der Waals surface area (Å²) in [5.41, 5.74) is 2.92. The lowest BCUT2D eigenvalue weighted by Gasteiger charge is -2.02. The second kappa shape index (κ2) is 5.35. The van der Waals surface area contributed by atoms with Gasteiger partial charge >= 0.3 is 0 Å². The first-order chi connectivity index (χ1) is 4.31. The van der Waals surface area contributed by atoms with E-state index in [0.29, 0.717) is 6.04 Å². The molecule has 1 N–H and O–H groups in total. The van der Waals surface area contributed by atoms with Crippen molar-refractivity contribution >= 4 is 6.21 Å². The minimum atomic E-state index is 0.339. The highest BCUT2D eigenvalue weighted by molar-refractivity contribution is 5.52. The minimum Gasteiger partial charge on any atom is -0.304 e. The number of hydrogen-bond acceptors (Lipinski definition) is 2. The predicted octanol–water partition coefficient (Wildman–Crippen LogP) is 1.55. The molecule has 0 heterocycles. The molecule has 52 valence electrons. The molecule has 0 aromatic heterocycles. The summed E-state index contributed by atoms with van der Waals surface area (Å²) in [5, 5.41) is 3.86. The Morgan fingerprint density at radius 3 is 2.56 bits per heavy atom. The van der Waals surface area contributed by atoms with Crippen LogP contribution in [0.15, 0.2) is 17.3 Å². The third kappa shape index (κ3) is 5.07. The van der Waals surface area contributed by atoms with Gasteiger partial charge in [0.1, 0.15) is 0 Å². The van der Waals surface area contributed by atoms with E-state index < -0.39 is 0 Å². The van der Waals surface area contributed by atoms with Crippen molar-refractivity contribution in [3.05, 3.63) is 12.2 Å². The standard InChI is InChI=1S/C7H14N2/c1-4-6-7(3)9-8-5-2/h4-7,9H,1-3H3/b6-4-,8-5-. The van der Waals surface area contributed by atoms with Crippen LogP contribution in [0.5, 0.6) is 0 Å². The normalized spacial score (nSPS) is 15.0. The molecule has 1 atom stereocenters. The molecule has 0 amide bonds. The van der Waals surface area contributed by atoms with Gasteiger partial charge in [-0.3, -0.25) is 0 Å². The monoisotopic (exact) mass is 126 g/mol. The first-order valence-electron chi connectivity index (χ1n) is 3.17. The maximum atomic E-state index is 3.86. The zero-order chi connectivity index (χ0) is 7.11. The number of hydrazone groups is 1. The van der Waals surface area contributed by atoms with Crippen molar-refractivity contribution in [2.45, 2.75) is 26.8 Å². The van der Waals surface area contributed by atoms with Crippen LogP contribution in [-0.4, -0.2) is 12.3 Å². The van der Waals surface area contributed by atoms with Gasteiger partial charge in [0.25, 0.3) is 0 Å². The Kier molecular flexibility index (Phi) is 4.88. The van der Waals surface area contributed by atoms with Crippen LogP contribution in [0.4, 0.5) is 0 Å². The summed E-state index contributed by atoms with van der Waals surface area (Å²) < 4.78 is 0. The Morgan fingerprint density at radius 2 is 2.11 bits per heavy atom. The van der Waals surface area contributed by atoms with E-state index in [-0.39, 0.29) is 0 Å². The van der Waals surface area contributed by atoms with Crippen LogP contribution in [0.3, 0.4) is 0 Å². The van der Waals surface area contributed by atoms with Crippen LogP contribution in [0.1, 0.15) is 20.8 Å². The Morgan fingerprint density at radius 1 is 1.44 bits per heavy atom. The molecular weight excluding hydrogens is 112 g/mol. The van der Waals surface area contributed by atoms with Gasteiger partial charge in [0.15, 0.2) is 0 Å². The van der Waals surface area contributed by atoms with Crippen molar-refractivity contribution in [1.82, 2.24) is 5.43 Å². The van der Waals surface area contributed by atoms with Crippen LogP contribution in [-0.2, 0) is 0 Å². The van der Waals surface area contributed by atoms with Crippen molar-refractivity contribution in [2.75, 3.05) is 0 Å². The highest BCUT2D eigenvalue weighted by atomic mass is 15.3. The number of hydrogen-bond donors (Lipinski definition) is 1. The molecule has 0 aromatic rings. The smallest absolute Gasteiger partial charge is 0.0591 e. The van der Waals surface area contributed by atoms with Gasteiger partial charge < -0.3 is 5.43 Å². The molecule has 0 spiro atoms. The van der Waals surface area contributed by atoms with Crippen LogP contribution >= 0.6 is 0 Å². The number of nitrogens with zero attached hydrogens (tertiary/aromatic N) is 1. The summed E-state index contributed by atoms with van der Waals surface area (Å²) in [5.74, 6) is 0. The molecule has 0 aliphatic carbocycles. The van der Waals surface area contributed by atoms with E-state index in [1.54, 1.807) is 6.21 Å². The Balaban J connectivity index is 3.37. The van der Waals surface area contributed by atoms with E-state index >= 15 is 0 Å². The lowest BCUT2D eigenvalue weighted by Crippen LogP contribution is -2.17. The van der Waals surface area contributed by atoms with Crippen LogP contribution in [0.2, 0.25) is 0 Å². The van der Waals surface area contributed by atoms with E-state index in [2.05, 4.69) is 10.5 Å². The Bertz CT molecular complexity index is 105. The molecule has 0 bridgehead atoms. The first kappa shape index (κ1) is 8.21. The second-order valence-corrected chi connectivity index (χ2v) is 1.83. The lowest BCUT2D eigenvalue weighted by molar-refractivity contribution is 0.674. The molecular formula is C7H14N2. The van der Waals surface area contributed by atoms with Crippen LogP contribution < -0.4 is 5.43 Å². The van der Waals surface area contributed by atoms with Crippen molar-refractivity contribution in [3.63, 3.8) is 0 Å². The summed E-state index contributed by atoms with van der Waals surface area (Å²) in [6.45, 7) is 5.93. The summed E-state index contributed by atoms with van der Waals surface area (Å²) in [4.78, 5) is 0. The fraction of sp³-hybridized carbons (Fsp3) is 0.571. The molecule has 2 heteroatoms. The summed E-state index contributed by atoms with van der Waals surface area (Å²) in [6, 6.07) is 0.339. The van der Waals surface area contributed by atoms with Crippen molar-refractivity contribution in [2.24, 2.45) is 5.10 Å². The largest absolute Gasteiger partial charge is 0.304 e. The molecule has 0 saturated carbocycles. The molecule has 0 aliphatic heterocycles. The van der Waals surface area contributed by atoms with Gasteiger partial charge in [-0.25, -0.2) is 0 Å². The average molecular weight is 126 g/mol. The zero-order valence-electron chi connectivity index (χ0n) is 6.26. The lowest BCUT2D eigenvalue weighted by atomic mass is 10.3. The van der Waals surface area contributed by atoms with Crippen molar-refractivity contribution in [1.29, 1.82) is 0 Å². The van der Waals surface area contributed by atoms with Gasteiger partial charge in [0, 0.05) is 6.21 Å².